The number of hydrogen-bond donors (Lipinski definition) is 2. The molecule has 7 heteroatoms. The first-order valence-electron chi connectivity index (χ1n) is 12.1. The van der Waals surface area contributed by atoms with Crippen LogP contribution in [-0.4, -0.2) is 42.2 Å². The topological polar surface area (TPSA) is 90.5 Å². The number of halogens is 1. The quantitative estimate of drug-likeness (QED) is 0.461. The van der Waals surface area contributed by atoms with E-state index in [2.05, 4.69) is 0 Å². The molecule has 0 bridgehead atoms. The summed E-state index contributed by atoms with van der Waals surface area (Å²) in [7, 11) is 1.93. The predicted molar refractivity (Wildman–Crippen MR) is 139 cm³/mol. The van der Waals surface area contributed by atoms with Crippen LogP contribution in [0.4, 0.5) is 5.69 Å². The Hall–Kier alpha value is -2.86. The smallest absolute Gasteiger partial charge is 0.253 e. The van der Waals surface area contributed by atoms with Gasteiger partial charge in [0, 0.05) is 42.9 Å². The Labute approximate surface area is 208 Å². The van der Waals surface area contributed by atoms with Gasteiger partial charge < -0.3 is 15.5 Å². The average Bonchev–Trinajstić information content (AvgIpc) is 2.86. The molecule has 0 atom stereocenters. The van der Waals surface area contributed by atoms with Gasteiger partial charge >= 0.3 is 0 Å². The molecular formula is C27H35ClN4O2. The predicted octanol–water partition coefficient (Wildman–Crippen LogP) is 4.71. The van der Waals surface area contributed by atoms with Crippen LogP contribution in [0.2, 0.25) is 0 Å². The van der Waals surface area contributed by atoms with Gasteiger partial charge in [-0.15, -0.1) is 12.4 Å². The number of nitrogens with two attached hydrogens (primary N) is 1. The normalized spacial score (nSPS) is 15.7. The Balaban J connectivity index is 0.00000324. The van der Waals surface area contributed by atoms with E-state index < -0.39 is 0 Å². The van der Waals surface area contributed by atoms with Crippen molar-refractivity contribution in [2.75, 3.05) is 18.5 Å². The first-order valence-corrected chi connectivity index (χ1v) is 12.1. The van der Waals surface area contributed by atoms with Gasteiger partial charge in [-0.1, -0.05) is 43.5 Å². The molecule has 2 aromatic carbocycles. The fourth-order valence-electron chi connectivity index (χ4n) is 5.06. The molecular weight excluding hydrogens is 448 g/mol. The molecule has 1 fully saturated rings. The lowest BCUT2D eigenvalue weighted by atomic mass is 9.93. The van der Waals surface area contributed by atoms with Crippen LogP contribution in [0.25, 0.3) is 0 Å². The third-order valence-corrected chi connectivity index (χ3v) is 7.08. The number of nitrogen functional groups attached to an aromatic ring is 1. The summed E-state index contributed by atoms with van der Waals surface area (Å²) < 4.78 is 0. The lowest BCUT2D eigenvalue weighted by Crippen LogP contribution is -2.39. The number of benzene rings is 2. The molecule has 0 saturated heterocycles. The van der Waals surface area contributed by atoms with Crippen LogP contribution < -0.4 is 10.6 Å². The number of carbonyl (C=O) groups excluding carboxylic acids is 2. The molecule has 0 unspecified atom stereocenters. The Morgan fingerprint density at radius 1 is 1.03 bits per heavy atom. The fraction of sp³-hybridized carbons (Fsp3) is 0.444. The lowest BCUT2D eigenvalue weighted by molar-refractivity contribution is -0.118. The van der Waals surface area contributed by atoms with Crippen molar-refractivity contribution in [2.45, 2.75) is 63.8 Å². The first-order chi connectivity index (χ1) is 15.9. The van der Waals surface area contributed by atoms with Gasteiger partial charge in [0.1, 0.15) is 5.84 Å². The fourth-order valence-corrected chi connectivity index (χ4v) is 5.06. The number of rotatable bonds is 6. The SMILES string of the molecule is CN(C(=O)c1ccc2c(c1)CCCN2C(=O)CCc1ccc(C(=N)N)cc1)C1CCCCC1.Cl. The highest BCUT2D eigenvalue weighted by molar-refractivity contribution is 5.98. The van der Waals surface area contributed by atoms with Crippen LogP contribution in [0.3, 0.4) is 0 Å². The summed E-state index contributed by atoms with van der Waals surface area (Å²) >= 11 is 0. The highest BCUT2D eigenvalue weighted by Crippen LogP contribution is 2.30. The zero-order valence-electron chi connectivity index (χ0n) is 19.9. The largest absolute Gasteiger partial charge is 0.384 e. The number of amides is 2. The zero-order chi connectivity index (χ0) is 23.4. The van der Waals surface area contributed by atoms with Crippen molar-refractivity contribution in [1.29, 1.82) is 5.41 Å². The number of anilines is 1. The van der Waals surface area contributed by atoms with Gasteiger partial charge in [-0.05, 0) is 61.4 Å². The summed E-state index contributed by atoms with van der Waals surface area (Å²) in [6, 6.07) is 13.7. The van der Waals surface area contributed by atoms with Gasteiger partial charge in [0.15, 0.2) is 0 Å². The van der Waals surface area contributed by atoms with E-state index in [1.807, 2.05) is 59.3 Å². The number of amidine groups is 1. The summed E-state index contributed by atoms with van der Waals surface area (Å²) in [5.41, 5.74) is 10.0. The molecule has 2 aliphatic rings. The minimum absolute atomic E-state index is 0. The molecule has 182 valence electrons. The lowest BCUT2D eigenvalue weighted by Gasteiger charge is -2.32. The van der Waals surface area contributed by atoms with Crippen molar-refractivity contribution in [3.8, 4) is 0 Å². The van der Waals surface area contributed by atoms with E-state index in [0.717, 1.165) is 48.1 Å². The Morgan fingerprint density at radius 3 is 2.38 bits per heavy atom. The summed E-state index contributed by atoms with van der Waals surface area (Å²) in [4.78, 5) is 29.9. The Kier molecular flexibility index (Phi) is 8.72. The second-order valence-electron chi connectivity index (χ2n) is 9.31. The van der Waals surface area contributed by atoms with Crippen molar-refractivity contribution in [3.05, 3.63) is 64.7 Å². The van der Waals surface area contributed by atoms with Crippen LogP contribution in [0, 0.1) is 5.41 Å². The highest BCUT2D eigenvalue weighted by Gasteiger charge is 2.26. The van der Waals surface area contributed by atoms with E-state index >= 15 is 0 Å². The van der Waals surface area contributed by atoms with Crippen LogP contribution in [0.1, 0.15) is 72.0 Å². The van der Waals surface area contributed by atoms with Crippen molar-refractivity contribution in [1.82, 2.24) is 4.90 Å². The minimum Gasteiger partial charge on any atom is -0.384 e. The van der Waals surface area contributed by atoms with Gasteiger partial charge in [0.05, 0.1) is 0 Å². The number of nitrogens with one attached hydrogen (secondary N) is 1. The molecule has 0 spiro atoms. The molecule has 4 rings (SSSR count). The number of aryl methyl sites for hydroxylation is 2. The number of fused-ring (bicyclic) bond motifs is 1. The van der Waals surface area contributed by atoms with Crippen molar-refractivity contribution >= 4 is 35.7 Å². The number of hydrogen-bond acceptors (Lipinski definition) is 3. The molecule has 1 aliphatic heterocycles. The van der Waals surface area contributed by atoms with Gasteiger partial charge in [0.25, 0.3) is 5.91 Å². The number of nitrogens with zero attached hydrogens (tertiary/aromatic N) is 2. The van der Waals surface area contributed by atoms with Gasteiger partial charge in [-0.3, -0.25) is 15.0 Å². The molecule has 1 saturated carbocycles. The molecule has 1 heterocycles. The highest BCUT2D eigenvalue weighted by atomic mass is 35.5. The maximum absolute atomic E-state index is 13.1. The van der Waals surface area contributed by atoms with Crippen LogP contribution >= 0.6 is 12.4 Å². The molecule has 2 amide bonds. The molecule has 2 aromatic rings. The van der Waals surface area contributed by atoms with Gasteiger partial charge in [-0.2, -0.15) is 0 Å². The van der Waals surface area contributed by atoms with Crippen molar-refractivity contribution < 1.29 is 9.59 Å². The van der Waals surface area contributed by atoms with Crippen LogP contribution in [-0.2, 0) is 17.6 Å². The van der Waals surface area contributed by atoms with Gasteiger partial charge in [0.2, 0.25) is 5.91 Å². The van der Waals surface area contributed by atoms with E-state index in [4.69, 9.17) is 11.1 Å². The van der Waals surface area contributed by atoms with E-state index in [-0.39, 0.29) is 30.1 Å². The second kappa shape index (κ2) is 11.5. The molecule has 6 nitrogen and oxygen atoms in total. The molecule has 34 heavy (non-hydrogen) atoms. The summed E-state index contributed by atoms with van der Waals surface area (Å²) in [6.07, 6.45) is 8.71. The van der Waals surface area contributed by atoms with Crippen LogP contribution in [0.5, 0.6) is 0 Å². The first kappa shape index (κ1) is 25.8. The maximum Gasteiger partial charge on any atom is 0.253 e. The van der Waals surface area contributed by atoms with E-state index in [0.29, 0.717) is 31.0 Å². The third kappa shape index (κ3) is 5.79. The number of carbonyl (C=O) groups is 2. The van der Waals surface area contributed by atoms with Crippen LogP contribution in [0.15, 0.2) is 42.5 Å². The zero-order valence-corrected chi connectivity index (χ0v) is 20.7. The minimum atomic E-state index is 0. The average molecular weight is 483 g/mol. The molecule has 1 aliphatic carbocycles. The van der Waals surface area contributed by atoms with E-state index in [1.165, 1.54) is 19.3 Å². The molecule has 0 aromatic heterocycles. The summed E-state index contributed by atoms with van der Waals surface area (Å²) in [6.45, 7) is 0.713. The standard InChI is InChI=1S/C27H34N4O2.ClH/c1-30(23-7-3-2-4-8-23)27(33)22-14-15-24-21(18-22)6-5-17-31(24)25(32)16-11-19-9-12-20(13-10-19)26(28)29;/h9-10,12-15,18,23H,2-8,11,16-17H2,1H3,(H3,28,29);1H. The second-order valence-corrected chi connectivity index (χ2v) is 9.31. The maximum atomic E-state index is 13.1. The molecule has 0 radical (unpaired) electrons. The van der Waals surface area contributed by atoms with Gasteiger partial charge in [-0.25, -0.2) is 0 Å². The summed E-state index contributed by atoms with van der Waals surface area (Å²) in [5.74, 6) is 0.234. The van der Waals surface area contributed by atoms with E-state index in [1.54, 1.807) is 0 Å². The monoisotopic (exact) mass is 482 g/mol. The third-order valence-electron chi connectivity index (χ3n) is 7.08. The van der Waals surface area contributed by atoms with Crippen molar-refractivity contribution in [3.63, 3.8) is 0 Å². The van der Waals surface area contributed by atoms with Crippen molar-refractivity contribution in [2.24, 2.45) is 5.73 Å². The Bertz CT molecular complexity index is 1030. The molecule has 3 N–H and O–H groups in total. The van der Waals surface area contributed by atoms with E-state index in [9.17, 15) is 9.59 Å². The Morgan fingerprint density at radius 2 is 1.71 bits per heavy atom. The summed E-state index contributed by atoms with van der Waals surface area (Å²) in [5, 5.41) is 7.49.